The van der Waals surface area contributed by atoms with E-state index >= 15 is 0 Å². The van der Waals surface area contributed by atoms with Crippen LogP contribution in [0.25, 0.3) is 5.57 Å². The Morgan fingerprint density at radius 2 is 1.73 bits per heavy atom. The van der Waals surface area contributed by atoms with Gasteiger partial charge in [0.1, 0.15) is 0 Å². The van der Waals surface area contributed by atoms with Gasteiger partial charge in [0.15, 0.2) is 0 Å². The van der Waals surface area contributed by atoms with E-state index in [0.717, 1.165) is 41.6 Å². The van der Waals surface area contributed by atoms with Gasteiger partial charge in [-0.2, -0.15) is 0 Å². The summed E-state index contributed by atoms with van der Waals surface area (Å²) in [4.78, 5) is 14.7. The normalized spacial score (nSPS) is 15.4. The fourth-order valence-corrected chi connectivity index (χ4v) is 2.88. The van der Waals surface area contributed by atoms with Gasteiger partial charge >= 0.3 is 0 Å². The summed E-state index contributed by atoms with van der Waals surface area (Å²) in [5.74, 6) is 0.126. The Morgan fingerprint density at radius 1 is 1.00 bits per heavy atom. The molecule has 0 unspecified atom stereocenters. The zero-order valence-electron chi connectivity index (χ0n) is 13.0. The second-order valence-electron chi connectivity index (χ2n) is 5.65. The van der Waals surface area contributed by atoms with Crippen LogP contribution in [-0.2, 0) is 11.3 Å². The van der Waals surface area contributed by atoms with Gasteiger partial charge in [0, 0.05) is 11.1 Å². The summed E-state index contributed by atoms with van der Waals surface area (Å²) in [5, 5.41) is 0. The number of para-hydroxylation sites is 1. The standard InChI is InChI=1S/C20H21NO/c1-2-3-5-13-18-17-12-8-9-14-19(17)21(20(18)22)15-16-10-6-4-7-11-16/h4,6-14H,2-3,5,15H2,1H3/b18-13+. The number of nitrogens with zero attached hydrogens (tertiary/aromatic N) is 1. The van der Waals surface area contributed by atoms with E-state index in [2.05, 4.69) is 31.2 Å². The molecule has 2 nitrogen and oxygen atoms in total. The minimum Gasteiger partial charge on any atom is -0.303 e. The number of hydrogen-bond acceptors (Lipinski definition) is 1. The van der Waals surface area contributed by atoms with E-state index in [-0.39, 0.29) is 5.91 Å². The second-order valence-corrected chi connectivity index (χ2v) is 5.65. The first-order valence-corrected chi connectivity index (χ1v) is 7.96. The summed E-state index contributed by atoms with van der Waals surface area (Å²) < 4.78 is 0. The minimum atomic E-state index is 0.126. The smallest absolute Gasteiger partial charge is 0.258 e. The van der Waals surface area contributed by atoms with Crippen molar-refractivity contribution in [2.24, 2.45) is 0 Å². The van der Waals surface area contributed by atoms with Gasteiger partial charge < -0.3 is 4.90 Å². The van der Waals surface area contributed by atoms with Crippen LogP contribution in [0.15, 0.2) is 60.7 Å². The highest BCUT2D eigenvalue weighted by atomic mass is 16.2. The lowest BCUT2D eigenvalue weighted by Crippen LogP contribution is -2.25. The summed E-state index contributed by atoms with van der Waals surface area (Å²) in [6.07, 6.45) is 5.34. The number of allylic oxidation sites excluding steroid dienone is 1. The highest BCUT2D eigenvalue weighted by Crippen LogP contribution is 2.37. The molecule has 0 spiro atoms. The maximum absolute atomic E-state index is 12.8. The summed E-state index contributed by atoms with van der Waals surface area (Å²) in [6.45, 7) is 2.80. The van der Waals surface area contributed by atoms with Crippen LogP contribution in [0.4, 0.5) is 5.69 Å². The van der Waals surface area contributed by atoms with Gasteiger partial charge in [-0.25, -0.2) is 0 Å². The number of benzene rings is 2. The van der Waals surface area contributed by atoms with Crippen LogP contribution in [0.3, 0.4) is 0 Å². The quantitative estimate of drug-likeness (QED) is 0.572. The van der Waals surface area contributed by atoms with Crippen molar-refractivity contribution in [2.45, 2.75) is 32.7 Å². The number of carbonyl (C=O) groups is 1. The van der Waals surface area contributed by atoms with E-state index in [1.165, 1.54) is 0 Å². The molecule has 1 aliphatic rings. The molecule has 0 atom stereocenters. The highest BCUT2D eigenvalue weighted by Gasteiger charge is 2.31. The first kappa shape index (κ1) is 14.6. The van der Waals surface area contributed by atoms with Crippen LogP contribution >= 0.6 is 0 Å². The van der Waals surface area contributed by atoms with Crippen molar-refractivity contribution in [2.75, 3.05) is 4.90 Å². The van der Waals surface area contributed by atoms with Crippen molar-refractivity contribution < 1.29 is 4.79 Å². The first-order chi connectivity index (χ1) is 10.8. The molecule has 0 saturated carbocycles. The van der Waals surface area contributed by atoms with Crippen molar-refractivity contribution in [3.8, 4) is 0 Å². The number of unbranched alkanes of at least 4 members (excludes halogenated alkanes) is 2. The first-order valence-electron chi connectivity index (χ1n) is 7.96. The van der Waals surface area contributed by atoms with Gasteiger partial charge in [-0.15, -0.1) is 0 Å². The van der Waals surface area contributed by atoms with Crippen molar-refractivity contribution in [1.82, 2.24) is 0 Å². The monoisotopic (exact) mass is 291 g/mol. The molecule has 22 heavy (non-hydrogen) atoms. The molecule has 0 bridgehead atoms. The number of rotatable bonds is 5. The lowest BCUT2D eigenvalue weighted by molar-refractivity contribution is -0.113. The Balaban J connectivity index is 1.92. The average Bonchev–Trinajstić information content (AvgIpc) is 2.82. The Morgan fingerprint density at radius 3 is 2.50 bits per heavy atom. The van der Waals surface area contributed by atoms with Gasteiger partial charge in [-0.1, -0.05) is 74.4 Å². The lowest BCUT2D eigenvalue weighted by atomic mass is 10.1. The number of hydrogen-bond donors (Lipinski definition) is 0. The highest BCUT2D eigenvalue weighted by molar-refractivity contribution is 6.32. The molecule has 0 radical (unpaired) electrons. The van der Waals surface area contributed by atoms with Gasteiger partial charge in [-0.3, -0.25) is 4.79 Å². The molecule has 1 aliphatic heterocycles. The molecule has 1 heterocycles. The maximum atomic E-state index is 12.8. The fraction of sp³-hybridized carbons (Fsp3) is 0.250. The van der Waals surface area contributed by atoms with Gasteiger partial charge in [0.05, 0.1) is 12.2 Å². The third-order valence-electron chi connectivity index (χ3n) is 4.05. The molecule has 0 aliphatic carbocycles. The molecular formula is C20H21NO. The molecule has 2 aromatic carbocycles. The topological polar surface area (TPSA) is 20.3 Å². The molecule has 0 aromatic heterocycles. The zero-order valence-corrected chi connectivity index (χ0v) is 13.0. The minimum absolute atomic E-state index is 0.126. The van der Waals surface area contributed by atoms with E-state index in [0.29, 0.717) is 6.54 Å². The predicted octanol–water partition coefficient (Wildman–Crippen LogP) is 4.81. The number of amides is 1. The van der Waals surface area contributed by atoms with Crippen LogP contribution in [0.2, 0.25) is 0 Å². The SMILES string of the molecule is CCCC/C=C1/C(=O)N(Cc2ccccc2)c2ccccc21. The molecule has 0 N–H and O–H groups in total. The van der Waals surface area contributed by atoms with Crippen molar-refractivity contribution >= 4 is 17.2 Å². The van der Waals surface area contributed by atoms with Crippen molar-refractivity contribution in [3.05, 3.63) is 71.8 Å². The van der Waals surface area contributed by atoms with E-state index in [9.17, 15) is 4.79 Å². The van der Waals surface area contributed by atoms with E-state index in [1.807, 2.05) is 41.3 Å². The van der Waals surface area contributed by atoms with E-state index < -0.39 is 0 Å². The van der Waals surface area contributed by atoms with Gasteiger partial charge in [0.2, 0.25) is 0 Å². The molecule has 112 valence electrons. The predicted molar refractivity (Wildman–Crippen MR) is 91.6 cm³/mol. The molecule has 2 aromatic rings. The lowest BCUT2D eigenvalue weighted by Gasteiger charge is -2.17. The Labute approximate surface area is 132 Å². The van der Waals surface area contributed by atoms with Crippen LogP contribution in [0, 0.1) is 0 Å². The number of anilines is 1. The summed E-state index contributed by atoms with van der Waals surface area (Å²) in [6, 6.07) is 18.2. The second kappa shape index (κ2) is 6.61. The summed E-state index contributed by atoms with van der Waals surface area (Å²) in [5.41, 5.74) is 4.11. The fourth-order valence-electron chi connectivity index (χ4n) is 2.88. The number of fused-ring (bicyclic) bond motifs is 1. The Hall–Kier alpha value is -2.35. The van der Waals surface area contributed by atoms with E-state index in [1.54, 1.807) is 0 Å². The average molecular weight is 291 g/mol. The molecule has 0 saturated heterocycles. The van der Waals surface area contributed by atoms with Gasteiger partial charge in [-0.05, 0) is 18.1 Å². The van der Waals surface area contributed by atoms with Crippen LogP contribution in [0.1, 0.15) is 37.3 Å². The third-order valence-corrected chi connectivity index (χ3v) is 4.05. The summed E-state index contributed by atoms with van der Waals surface area (Å²) >= 11 is 0. The van der Waals surface area contributed by atoms with Gasteiger partial charge in [0.25, 0.3) is 5.91 Å². The van der Waals surface area contributed by atoms with Crippen LogP contribution in [0.5, 0.6) is 0 Å². The van der Waals surface area contributed by atoms with Crippen molar-refractivity contribution in [3.63, 3.8) is 0 Å². The van der Waals surface area contributed by atoms with Crippen LogP contribution < -0.4 is 4.90 Å². The third kappa shape index (κ3) is 2.82. The van der Waals surface area contributed by atoms with Crippen LogP contribution in [-0.4, -0.2) is 5.91 Å². The Kier molecular flexibility index (Phi) is 4.38. The molecule has 1 amide bonds. The Bertz CT molecular complexity index is 688. The largest absolute Gasteiger partial charge is 0.303 e. The zero-order chi connectivity index (χ0) is 15.4. The van der Waals surface area contributed by atoms with Crippen molar-refractivity contribution in [1.29, 1.82) is 0 Å². The van der Waals surface area contributed by atoms with E-state index in [4.69, 9.17) is 0 Å². The molecule has 0 fully saturated rings. The molecular weight excluding hydrogens is 270 g/mol. The number of carbonyl (C=O) groups excluding carboxylic acids is 1. The molecule has 2 heteroatoms. The molecule has 3 rings (SSSR count). The summed E-state index contributed by atoms with van der Waals surface area (Å²) in [7, 11) is 0. The maximum Gasteiger partial charge on any atom is 0.258 e.